The minimum Gasteiger partial charge on any atom is -0.370 e. The lowest BCUT2D eigenvalue weighted by Crippen LogP contribution is -2.49. The van der Waals surface area contributed by atoms with E-state index in [4.69, 9.17) is 4.74 Å². The number of fused-ring (bicyclic) bond motifs is 1. The third-order valence-corrected chi connectivity index (χ3v) is 5.19. The fraction of sp³-hybridized carbons (Fsp3) is 0.867. The smallest absolute Gasteiger partial charge is 0.249 e. The molecule has 0 bridgehead atoms. The lowest BCUT2D eigenvalue weighted by molar-refractivity contribution is -0.148. The minimum atomic E-state index is -0.0639. The van der Waals surface area contributed by atoms with Gasteiger partial charge in [-0.3, -0.25) is 9.59 Å². The topological polar surface area (TPSA) is 49.9 Å². The second-order valence-electron chi connectivity index (χ2n) is 6.98. The van der Waals surface area contributed by atoms with Crippen LogP contribution >= 0.6 is 0 Å². The van der Waals surface area contributed by atoms with Crippen LogP contribution in [0.5, 0.6) is 0 Å². The van der Waals surface area contributed by atoms with Gasteiger partial charge in [-0.2, -0.15) is 0 Å². The van der Waals surface area contributed by atoms with Crippen LogP contribution in [-0.4, -0.2) is 60.5 Å². The maximum absolute atomic E-state index is 12.6. The number of rotatable bonds is 2. The number of carbonyl (C=O) groups is 2. The van der Waals surface area contributed by atoms with Crippen LogP contribution in [0.3, 0.4) is 0 Å². The molecule has 3 fully saturated rings. The lowest BCUT2D eigenvalue weighted by Gasteiger charge is -2.30. The number of hydrogen-bond donors (Lipinski definition) is 0. The van der Waals surface area contributed by atoms with E-state index in [1.807, 2.05) is 4.90 Å². The predicted octanol–water partition coefficient (Wildman–Crippen LogP) is 0.882. The van der Waals surface area contributed by atoms with Crippen molar-refractivity contribution in [3.8, 4) is 0 Å². The molecule has 0 radical (unpaired) electrons. The number of carbonyl (C=O) groups excluding carboxylic acids is 2. The van der Waals surface area contributed by atoms with Gasteiger partial charge in [0.2, 0.25) is 11.8 Å². The Balaban J connectivity index is 1.67. The Morgan fingerprint density at radius 3 is 2.95 bits per heavy atom. The Morgan fingerprint density at radius 1 is 1.40 bits per heavy atom. The van der Waals surface area contributed by atoms with E-state index >= 15 is 0 Å². The molecule has 1 aliphatic carbocycles. The molecule has 2 amide bonds. The summed E-state index contributed by atoms with van der Waals surface area (Å²) in [6.45, 7) is 6.78. The van der Waals surface area contributed by atoms with Crippen molar-refractivity contribution in [2.24, 2.45) is 11.3 Å². The molecule has 2 unspecified atom stereocenters. The summed E-state index contributed by atoms with van der Waals surface area (Å²) >= 11 is 0. The van der Waals surface area contributed by atoms with Gasteiger partial charge in [0.15, 0.2) is 0 Å². The van der Waals surface area contributed by atoms with Gasteiger partial charge in [0.1, 0.15) is 6.61 Å². The number of likely N-dealkylation sites (tertiary alicyclic amines) is 1. The average Bonchev–Trinajstić information content (AvgIpc) is 2.96. The van der Waals surface area contributed by atoms with E-state index in [-0.39, 0.29) is 30.4 Å². The number of hydrogen-bond acceptors (Lipinski definition) is 3. The maximum Gasteiger partial charge on any atom is 0.249 e. The van der Waals surface area contributed by atoms with Crippen molar-refractivity contribution in [3.63, 3.8) is 0 Å². The Morgan fingerprint density at radius 2 is 2.20 bits per heavy atom. The minimum absolute atomic E-state index is 0.0639. The van der Waals surface area contributed by atoms with Crippen LogP contribution in [0, 0.1) is 11.3 Å². The Bertz CT molecular complexity index is 421. The van der Waals surface area contributed by atoms with E-state index < -0.39 is 0 Å². The molecule has 0 aromatic carbocycles. The first-order chi connectivity index (χ1) is 9.49. The molecule has 5 heteroatoms. The van der Waals surface area contributed by atoms with Crippen LogP contribution < -0.4 is 0 Å². The second kappa shape index (κ2) is 5.02. The van der Waals surface area contributed by atoms with Crippen LogP contribution in [0.4, 0.5) is 0 Å². The molecule has 3 rings (SSSR count). The molecule has 0 aromatic heterocycles. The monoisotopic (exact) mass is 280 g/mol. The van der Waals surface area contributed by atoms with Gasteiger partial charge >= 0.3 is 0 Å². The van der Waals surface area contributed by atoms with Crippen LogP contribution in [0.15, 0.2) is 0 Å². The zero-order chi connectivity index (χ0) is 14.3. The van der Waals surface area contributed by atoms with Gasteiger partial charge in [-0.15, -0.1) is 0 Å². The summed E-state index contributed by atoms with van der Waals surface area (Å²) in [6, 6.07) is 0.397. The molecule has 2 saturated heterocycles. The zero-order valence-electron chi connectivity index (χ0n) is 12.4. The van der Waals surface area contributed by atoms with Gasteiger partial charge in [0.25, 0.3) is 0 Å². The summed E-state index contributed by atoms with van der Waals surface area (Å²) in [5.41, 5.74) is 0.214. The largest absolute Gasteiger partial charge is 0.370 e. The van der Waals surface area contributed by atoms with Crippen molar-refractivity contribution in [2.75, 3.05) is 32.8 Å². The lowest BCUT2D eigenvalue weighted by atomic mass is 9.80. The van der Waals surface area contributed by atoms with Crippen LogP contribution in [0.1, 0.15) is 33.1 Å². The van der Waals surface area contributed by atoms with Crippen molar-refractivity contribution in [1.29, 1.82) is 0 Å². The predicted molar refractivity (Wildman–Crippen MR) is 74.0 cm³/mol. The molecule has 0 spiro atoms. The molecular formula is C15H24N2O3. The average molecular weight is 280 g/mol. The Labute approximate surface area is 120 Å². The standard InChI is InChI=1S/C15H24N2O3/c1-15(2)10-17(12-5-3-4-11(12)15)13(18)8-16-6-7-20-9-14(16)19/h11-12H,3-10H2,1-2H3. The van der Waals surface area contributed by atoms with E-state index in [1.54, 1.807) is 4.90 Å². The number of nitrogens with zero attached hydrogens (tertiary/aromatic N) is 2. The molecule has 20 heavy (non-hydrogen) atoms. The summed E-state index contributed by atoms with van der Waals surface area (Å²) in [6.07, 6.45) is 3.58. The molecule has 0 N–H and O–H groups in total. The SMILES string of the molecule is CC1(C)CN(C(=O)CN2CCOCC2=O)C2CCCC21. The maximum atomic E-state index is 12.6. The quantitative estimate of drug-likeness (QED) is 0.754. The van der Waals surface area contributed by atoms with E-state index in [0.717, 1.165) is 13.0 Å². The first-order valence-corrected chi connectivity index (χ1v) is 7.64. The highest BCUT2D eigenvalue weighted by Gasteiger charge is 2.50. The molecule has 2 aliphatic heterocycles. The first kappa shape index (κ1) is 13.9. The molecular weight excluding hydrogens is 256 g/mol. The highest BCUT2D eigenvalue weighted by atomic mass is 16.5. The highest BCUT2D eigenvalue weighted by molar-refractivity contribution is 5.86. The number of amides is 2. The molecule has 5 nitrogen and oxygen atoms in total. The summed E-state index contributed by atoms with van der Waals surface area (Å²) in [5, 5.41) is 0. The van der Waals surface area contributed by atoms with Crippen LogP contribution in [0.25, 0.3) is 0 Å². The van der Waals surface area contributed by atoms with Crippen LogP contribution in [0.2, 0.25) is 0 Å². The van der Waals surface area contributed by atoms with Crippen molar-refractivity contribution in [2.45, 2.75) is 39.2 Å². The fourth-order valence-corrected chi connectivity index (χ4v) is 4.14. The third kappa shape index (κ3) is 2.32. The Hall–Kier alpha value is -1.10. The molecule has 1 saturated carbocycles. The van der Waals surface area contributed by atoms with Crippen molar-refractivity contribution in [3.05, 3.63) is 0 Å². The van der Waals surface area contributed by atoms with Gasteiger partial charge in [0, 0.05) is 19.1 Å². The zero-order valence-corrected chi connectivity index (χ0v) is 12.4. The summed E-state index contributed by atoms with van der Waals surface area (Å²) < 4.78 is 5.11. The van der Waals surface area contributed by atoms with E-state index in [9.17, 15) is 9.59 Å². The molecule has 112 valence electrons. The molecule has 0 aromatic rings. The number of morpholine rings is 1. The van der Waals surface area contributed by atoms with E-state index in [2.05, 4.69) is 13.8 Å². The van der Waals surface area contributed by atoms with Gasteiger partial charge in [-0.1, -0.05) is 20.3 Å². The van der Waals surface area contributed by atoms with Gasteiger partial charge < -0.3 is 14.5 Å². The Kier molecular flexibility index (Phi) is 3.48. The third-order valence-electron chi connectivity index (χ3n) is 5.19. The molecule has 3 aliphatic rings. The fourth-order valence-electron chi connectivity index (χ4n) is 4.14. The highest BCUT2D eigenvalue weighted by Crippen LogP contribution is 2.48. The second-order valence-corrected chi connectivity index (χ2v) is 6.98. The number of ether oxygens (including phenoxy) is 1. The summed E-state index contributed by atoms with van der Waals surface area (Å²) in [5.74, 6) is 0.681. The normalized spacial score (nSPS) is 32.6. The summed E-state index contributed by atoms with van der Waals surface area (Å²) in [7, 11) is 0. The van der Waals surface area contributed by atoms with Crippen LogP contribution in [-0.2, 0) is 14.3 Å². The van der Waals surface area contributed by atoms with Gasteiger partial charge in [-0.05, 0) is 24.2 Å². The van der Waals surface area contributed by atoms with E-state index in [0.29, 0.717) is 25.1 Å². The van der Waals surface area contributed by atoms with Crippen molar-refractivity contribution in [1.82, 2.24) is 9.80 Å². The van der Waals surface area contributed by atoms with Gasteiger partial charge in [0.05, 0.1) is 13.2 Å². The van der Waals surface area contributed by atoms with E-state index in [1.165, 1.54) is 12.8 Å². The molecule has 2 atom stereocenters. The van der Waals surface area contributed by atoms with Gasteiger partial charge in [-0.25, -0.2) is 0 Å². The van der Waals surface area contributed by atoms with Crippen molar-refractivity contribution >= 4 is 11.8 Å². The van der Waals surface area contributed by atoms with Crippen molar-refractivity contribution < 1.29 is 14.3 Å². The molecule has 2 heterocycles. The summed E-state index contributed by atoms with van der Waals surface area (Å²) in [4.78, 5) is 28.0. The first-order valence-electron chi connectivity index (χ1n) is 7.64.